The van der Waals surface area contributed by atoms with Crippen molar-refractivity contribution in [2.45, 2.75) is 32.2 Å². The van der Waals surface area contributed by atoms with E-state index in [1.54, 1.807) is 10.7 Å². The number of hydrogen-bond donors (Lipinski definition) is 0. The lowest BCUT2D eigenvalue weighted by atomic mass is 10.1. The molecular weight excluding hydrogens is 330 g/mol. The average Bonchev–Trinajstić information content (AvgIpc) is 3.32. The van der Waals surface area contributed by atoms with Crippen molar-refractivity contribution in [2.75, 3.05) is 13.2 Å². The fourth-order valence-corrected chi connectivity index (χ4v) is 3.53. The van der Waals surface area contributed by atoms with E-state index in [0.29, 0.717) is 18.8 Å². The standard InChI is InChI=1S/C19H21N5O2/c1-2-26-15-7-5-14(6-8-15)12-18(25)23-11-3-4-16(23)17-9-10-20-19-21-13-22-24(17)19/h5-10,13,16H,2-4,11-12H2,1H3/t16-/m0/s1. The molecule has 0 saturated carbocycles. The molecule has 1 fully saturated rings. The van der Waals surface area contributed by atoms with E-state index >= 15 is 0 Å². The number of carbonyl (C=O) groups is 1. The van der Waals surface area contributed by atoms with E-state index < -0.39 is 0 Å². The van der Waals surface area contributed by atoms with E-state index in [1.807, 2.05) is 42.2 Å². The Labute approximate surface area is 151 Å². The predicted octanol–water partition coefficient (Wildman–Crippen LogP) is 2.43. The van der Waals surface area contributed by atoms with Gasteiger partial charge in [-0.2, -0.15) is 14.6 Å². The van der Waals surface area contributed by atoms with Gasteiger partial charge in [-0.05, 0) is 43.5 Å². The minimum absolute atomic E-state index is 0.0115. The second kappa shape index (κ2) is 7.11. The second-order valence-corrected chi connectivity index (χ2v) is 6.34. The third-order valence-electron chi connectivity index (χ3n) is 4.71. The van der Waals surface area contributed by atoms with E-state index in [2.05, 4.69) is 15.1 Å². The molecule has 4 rings (SSSR count). The third-order valence-corrected chi connectivity index (χ3v) is 4.71. The van der Waals surface area contributed by atoms with E-state index in [-0.39, 0.29) is 11.9 Å². The summed E-state index contributed by atoms with van der Waals surface area (Å²) in [4.78, 5) is 23.2. The van der Waals surface area contributed by atoms with Crippen LogP contribution in [0.5, 0.6) is 5.75 Å². The minimum Gasteiger partial charge on any atom is -0.494 e. The van der Waals surface area contributed by atoms with Gasteiger partial charge in [0, 0.05) is 12.7 Å². The molecule has 2 aromatic heterocycles. The molecule has 7 nitrogen and oxygen atoms in total. The smallest absolute Gasteiger partial charge is 0.252 e. The first-order valence-electron chi connectivity index (χ1n) is 8.92. The molecule has 0 bridgehead atoms. The Kier molecular flexibility index (Phi) is 4.51. The van der Waals surface area contributed by atoms with E-state index in [9.17, 15) is 4.79 Å². The van der Waals surface area contributed by atoms with Gasteiger partial charge in [-0.1, -0.05) is 12.1 Å². The summed E-state index contributed by atoms with van der Waals surface area (Å²) in [5, 5.41) is 4.26. The second-order valence-electron chi connectivity index (χ2n) is 6.34. The molecule has 1 atom stereocenters. The molecule has 26 heavy (non-hydrogen) atoms. The quantitative estimate of drug-likeness (QED) is 0.706. The van der Waals surface area contributed by atoms with Crippen LogP contribution in [0.1, 0.15) is 37.1 Å². The Bertz CT molecular complexity index is 906. The van der Waals surface area contributed by atoms with Crippen LogP contribution in [0.15, 0.2) is 42.9 Å². The Hall–Kier alpha value is -2.96. The number of benzene rings is 1. The van der Waals surface area contributed by atoms with Gasteiger partial charge in [0.15, 0.2) is 0 Å². The SMILES string of the molecule is CCOc1ccc(CC(=O)N2CCC[C@H]2c2ccnc3ncnn23)cc1. The van der Waals surface area contributed by atoms with Crippen LogP contribution in [-0.4, -0.2) is 43.5 Å². The van der Waals surface area contributed by atoms with Crippen molar-refractivity contribution in [3.63, 3.8) is 0 Å². The summed E-state index contributed by atoms with van der Waals surface area (Å²) >= 11 is 0. The highest BCUT2D eigenvalue weighted by atomic mass is 16.5. The van der Waals surface area contributed by atoms with Crippen molar-refractivity contribution in [1.29, 1.82) is 0 Å². The zero-order valence-corrected chi connectivity index (χ0v) is 14.7. The number of hydrogen-bond acceptors (Lipinski definition) is 5. The Morgan fingerprint density at radius 3 is 2.88 bits per heavy atom. The first-order valence-corrected chi connectivity index (χ1v) is 8.92. The molecule has 1 aliphatic rings. The lowest BCUT2D eigenvalue weighted by molar-refractivity contribution is -0.131. The molecule has 3 aromatic rings. The molecule has 0 spiro atoms. The molecule has 0 N–H and O–H groups in total. The van der Waals surface area contributed by atoms with Crippen molar-refractivity contribution in [2.24, 2.45) is 0 Å². The lowest BCUT2D eigenvalue weighted by Gasteiger charge is -2.25. The summed E-state index contributed by atoms with van der Waals surface area (Å²) in [7, 11) is 0. The number of amides is 1. The van der Waals surface area contributed by atoms with E-state index in [4.69, 9.17) is 4.74 Å². The summed E-state index contributed by atoms with van der Waals surface area (Å²) in [6, 6.07) is 9.67. The summed E-state index contributed by atoms with van der Waals surface area (Å²) in [5.41, 5.74) is 1.95. The first-order chi connectivity index (χ1) is 12.8. The summed E-state index contributed by atoms with van der Waals surface area (Å²) < 4.78 is 7.19. The summed E-state index contributed by atoms with van der Waals surface area (Å²) in [6.45, 7) is 3.35. The maximum Gasteiger partial charge on any atom is 0.252 e. The van der Waals surface area contributed by atoms with Crippen LogP contribution in [0.3, 0.4) is 0 Å². The molecule has 0 aliphatic carbocycles. The average molecular weight is 351 g/mol. The van der Waals surface area contributed by atoms with Crippen LogP contribution in [0, 0.1) is 0 Å². The van der Waals surface area contributed by atoms with E-state index in [0.717, 1.165) is 36.4 Å². The number of carbonyl (C=O) groups excluding carboxylic acids is 1. The number of rotatable bonds is 5. The van der Waals surface area contributed by atoms with Gasteiger partial charge in [0.2, 0.25) is 5.91 Å². The highest BCUT2D eigenvalue weighted by Crippen LogP contribution is 2.32. The van der Waals surface area contributed by atoms with Gasteiger partial charge in [-0.15, -0.1) is 0 Å². The molecule has 1 aliphatic heterocycles. The molecule has 1 aromatic carbocycles. The van der Waals surface area contributed by atoms with Crippen LogP contribution >= 0.6 is 0 Å². The van der Waals surface area contributed by atoms with Crippen LogP contribution < -0.4 is 4.74 Å². The van der Waals surface area contributed by atoms with Crippen molar-refractivity contribution in [3.05, 3.63) is 54.1 Å². The molecule has 7 heteroatoms. The monoisotopic (exact) mass is 351 g/mol. The maximum absolute atomic E-state index is 12.9. The highest BCUT2D eigenvalue weighted by Gasteiger charge is 2.31. The molecule has 1 saturated heterocycles. The maximum atomic E-state index is 12.9. The van der Waals surface area contributed by atoms with E-state index in [1.165, 1.54) is 6.33 Å². The number of likely N-dealkylation sites (tertiary alicyclic amines) is 1. The van der Waals surface area contributed by atoms with Crippen molar-refractivity contribution in [3.8, 4) is 5.75 Å². The molecular formula is C19H21N5O2. The molecule has 0 radical (unpaired) electrons. The van der Waals surface area contributed by atoms with Gasteiger partial charge < -0.3 is 9.64 Å². The Morgan fingerprint density at radius 1 is 1.23 bits per heavy atom. The van der Waals surface area contributed by atoms with Crippen LogP contribution in [0.4, 0.5) is 0 Å². The summed E-state index contributed by atoms with van der Waals surface area (Å²) in [5.74, 6) is 1.52. The largest absolute Gasteiger partial charge is 0.494 e. The third kappa shape index (κ3) is 3.12. The highest BCUT2D eigenvalue weighted by molar-refractivity contribution is 5.79. The zero-order chi connectivity index (χ0) is 17.9. The summed E-state index contributed by atoms with van der Waals surface area (Å²) in [6.07, 6.45) is 5.51. The normalized spacial score (nSPS) is 17.0. The van der Waals surface area contributed by atoms with Gasteiger partial charge in [0.05, 0.1) is 24.8 Å². The molecule has 0 unspecified atom stereocenters. The van der Waals surface area contributed by atoms with Crippen molar-refractivity contribution >= 4 is 11.7 Å². The Morgan fingerprint density at radius 2 is 2.08 bits per heavy atom. The molecule has 3 heterocycles. The number of fused-ring (bicyclic) bond motifs is 1. The fourth-order valence-electron chi connectivity index (χ4n) is 3.53. The number of ether oxygens (including phenoxy) is 1. The van der Waals surface area contributed by atoms with Crippen molar-refractivity contribution in [1.82, 2.24) is 24.5 Å². The number of nitrogens with zero attached hydrogens (tertiary/aromatic N) is 5. The zero-order valence-electron chi connectivity index (χ0n) is 14.7. The topological polar surface area (TPSA) is 72.6 Å². The lowest BCUT2D eigenvalue weighted by Crippen LogP contribution is -2.32. The van der Waals surface area contributed by atoms with Gasteiger partial charge in [-0.3, -0.25) is 4.79 Å². The van der Waals surface area contributed by atoms with Crippen LogP contribution in [0.2, 0.25) is 0 Å². The molecule has 134 valence electrons. The van der Waals surface area contributed by atoms with Gasteiger partial charge in [0.25, 0.3) is 5.78 Å². The predicted molar refractivity (Wildman–Crippen MR) is 95.8 cm³/mol. The minimum atomic E-state index is 0.0115. The van der Waals surface area contributed by atoms with Crippen LogP contribution in [0.25, 0.3) is 5.78 Å². The first kappa shape index (κ1) is 16.5. The van der Waals surface area contributed by atoms with Crippen molar-refractivity contribution < 1.29 is 9.53 Å². The fraction of sp³-hybridized carbons (Fsp3) is 0.368. The van der Waals surface area contributed by atoms with Crippen LogP contribution in [-0.2, 0) is 11.2 Å². The van der Waals surface area contributed by atoms with Gasteiger partial charge >= 0.3 is 0 Å². The Balaban J connectivity index is 1.52. The number of aromatic nitrogens is 4. The molecule has 1 amide bonds. The van der Waals surface area contributed by atoms with Gasteiger partial charge in [-0.25, -0.2) is 4.98 Å². The van der Waals surface area contributed by atoms with Gasteiger partial charge in [0.1, 0.15) is 12.1 Å².